The number of nitrogens with one attached hydrogen (secondary N) is 1. The van der Waals surface area contributed by atoms with E-state index in [1.165, 1.54) is 6.92 Å². The maximum atomic E-state index is 12.0. The molecule has 9 nitrogen and oxygen atoms in total. The number of rotatable bonds is 5. The number of aliphatic hydroxyl groups excluding tert-OH is 1. The first-order valence-corrected chi connectivity index (χ1v) is 10.6. The van der Waals surface area contributed by atoms with Crippen molar-refractivity contribution in [3.63, 3.8) is 0 Å². The molecule has 2 fully saturated rings. The van der Waals surface area contributed by atoms with Crippen LogP contribution in [-0.4, -0.2) is 74.0 Å². The van der Waals surface area contributed by atoms with Crippen LogP contribution in [-0.2, 0) is 4.79 Å². The van der Waals surface area contributed by atoms with E-state index in [4.69, 9.17) is 4.74 Å². The number of anilines is 1. The van der Waals surface area contributed by atoms with Gasteiger partial charge in [-0.2, -0.15) is 5.10 Å². The van der Waals surface area contributed by atoms with E-state index in [1.807, 2.05) is 24.3 Å². The number of ether oxygens (including phenoxy) is 1. The Balaban J connectivity index is 1.37. The third kappa shape index (κ3) is 3.93. The second kappa shape index (κ2) is 7.49. The second-order valence-electron chi connectivity index (χ2n) is 8.58. The molecule has 1 atom stereocenters. The number of nitrogens with zero attached hydrogens (tertiary/aromatic N) is 5. The molecule has 9 heteroatoms. The summed E-state index contributed by atoms with van der Waals surface area (Å²) in [4.78, 5) is 24.7. The van der Waals surface area contributed by atoms with Gasteiger partial charge in [0.15, 0.2) is 0 Å². The van der Waals surface area contributed by atoms with Gasteiger partial charge in [-0.1, -0.05) is 0 Å². The molecule has 3 aromatic rings. The molecule has 0 radical (unpaired) electrons. The van der Waals surface area contributed by atoms with E-state index in [2.05, 4.69) is 32.0 Å². The van der Waals surface area contributed by atoms with E-state index in [0.29, 0.717) is 26.2 Å². The number of carbonyl (C=O) groups is 1. The molecule has 0 bridgehead atoms. The second-order valence-corrected chi connectivity index (χ2v) is 8.58. The zero-order valence-corrected chi connectivity index (χ0v) is 17.7. The van der Waals surface area contributed by atoms with Gasteiger partial charge < -0.3 is 19.6 Å². The minimum Gasteiger partial charge on any atom is -0.488 e. The Morgan fingerprint density at radius 3 is 2.68 bits per heavy atom. The highest BCUT2D eigenvalue weighted by atomic mass is 16.5. The number of benzene rings is 1. The average Bonchev–Trinajstić information content (AvgIpc) is 3.35. The highest BCUT2D eigenvalue weighted by Crippen LogP contribution is 2.40. The van der Waals surface area contributed by atoms with E-state index in [0.717, 1.165) is 46.7 Å². The molecule has 1 aliphatic carbocycles. The standard InChI is InChI=1S/C22H26N6O3/c1-14(29)21(30)28-9-7-27(8-10-28)19-12-18(23-13-24-19)20-16-11-15(31-22(2)5-6-22)3-4-17(16)25-26-20/h3-4,11-14,29H,5-10H2,1-2H3,(H,25,26). The van der Waals surface area contributed by atoms with Crippen molar-refractivity contribution in [2.75, 3.05) is 31.1 Å². The molecule has 31 heavy (non-hydrogen) atoms. The van der Waals surface area contributed by atoms with Gasteiger partial charge >= 0.3 is 0 Å². The first kappa shape index (κ1) is 19.7. The summed E-state index contributed by atoms with van der Waals surface area (Å²) in [6.45, 7) is 6.01. The Bertz CT molecular complexity index is 1120. The van der Waals surface area contributed by atoms with Crippen LogP contribution in [0.2, 0.25) is 0 Å². The quantitative estimate of drug-likeness (QED) is 0.647. The predicted molar refractivity (Wildman–Crippen MR) is 116 cm³/mol. The lowest BCUT2D eigenvalue weighted by Crippen LogP contribution is -2.51. The van der Waals surface area contributed by atoms with Crippen LogP contribution >= 0.6 is 0 Å². The van der Waals surface area contributed by atoms with Crippen LogP contribution in [0.3, 0.4) is 0 Å². The van der Waals surface area contributed by atoms with Gasteiger partial charge in [0, 0.05) is 37.6 Å². The van der Waals surface area contributed by atoms with Gasteiger partial charge in [0.05, 0.1) is 11.2 Å². The molecule has 2 N–H and O–H groups in total. The Labute approximate surface area is 180 Å². The highest BCUT2D eigenvalue weighted by Gasteiger charge is 2.40. The van der Waals surface area contributed by atoms with Gasteiger partial charge in [-0.3, -0.25) is 9.89 Å². The lowest BCUT2D eigenvalue weighted by Gasteiger charge is -2.35. The van der Waals surface area contributed by atoms with Gasteiger partial charge in [-0.15, -0.1) is 0 Å². The molecule has 1 aromatic carbocycles. The maximum Gasteiger partial charge on any atom is 0.251 e. The first-order chi connectivity index (χ1) is 14.9. The number of amides is 1. The smallest absolute Gasteiger partial charge is 0.251 e. The van der Waals surface area contributed by atoms with Gasteiger partial charge in [-0.25, -0.2) is 9.97 Å². The van der Waals surface area contributed by atoms with Gasteiger partial charge in [-0.05, 0) is 44.9 Å². The van der Waals surface area contributed by atoms with Crippen molar-refractivity contribution in [2.45, 2.75) is 38.4 Å². The molecule has 1 amide bonds. The SMILES string of the molecule is CC(O)C(=O)N1CCN(c2cc(-c3n[nH]c4ccc(OC5(C)CC5)cc34)ncn2)CC1. The fourth-order valence-electron chi connectivity index (χ4n) is 3.88. The van der Waals surface area contributed by atoms with Crippen LogP contribution < -0.4 is 9.64 Å². The lowest BCUT2D eigenvalue weighted by atomic mass is 10.1. The summed E-state index contributed by atoms with van der Waals surface area (Å²) in [5.41, 5.74) is 2.37. The number of hydrogen-bond donors (Lipinski definition) is 2. The van der Waals surface area contributed by atoms with E-state index < -0.39 is 6.10 Å². The largest absolute Gasteiger partial charge is 0.488 e. The van der Waals surface area contributed by atoms with Gasteiger partial charge in [0.1, 0.15) is 35.3 Å². The molecular weight excluding hydrogens is 396 g/mol. The fourth-order valence-corrected chi connectivity index (χ4v) is 3.88. The van der Waals surface area contributed by atoms with Crippen molar-refractivity contribution in [1.29, 1.82) is 0 Å². The van der Waals surface area contributed by atoms with Crippen LogP contribution in [0.4, 0.5) is 5.82 Å². The van der Waals surface area contributed by atoms with Crippen molar-refractivity contribution < 1.29 is 14.6 Å². The lowest BCUT2D eigenvalue weighted by molar-refractivity contribution is -0.139. The number of aliphatic hydroxyl groups is 1. The Morgan fingerprint density at radius 2 is 1.97 bits per heavy atom. The van der Waals surface area contributed by atoms with E-state index >= 15 is 0 Å². The summed E-state index contributed by atoms with van der Waals surface area (Å²) < 4.78 is 6.11. The van der Waals surface area contributed by atoms with E-state index in [1.54, 1.807) is 11.2 Å². The molecule has 1 aliphatic heterocycles. The maximum absolute atomic E-state index is 12.0. The summed E-state index contributed by atoms with van der Waals surface area (Å²) in [6, 6.07) is 7.89. The van der Waals surface area contributed by atoms with Crippen molar-refractivity contribution >= 4 is 22.6 Å². The molecule has 3 heterocycles. The van der Waals surface area contributed by atoms with Crippen molar-refractivity contribution in [3.8, 4) is 17.1 Å². The summed E-state index contributed by atoms with van der Waals surface area (Å²) in [5, 5.41) is 18.0. The zero-order valence-electron chi connectivity index (χ0n) is 17.7. The minimum absolute atomic E-state index is 0.0446. The van der Waals surface area contributed by atoms with Gasteiger partial charge in [0.25, 0.3) is 5.91 Å². The first-order valence-electron chi connectivity index (χ1n) is 10.6. The van der Waals surface area contributed by atoms with Crippen molar-refractivity contribution in [3.05, 3.63) is 30.6 Å². The monoisotopic (exact) mass is 422 g/mol. The molecule has 2 aliphatic rings. The molecule has 162 valence electrons. The van der Waals surface area contributed by atoms with Gasteiger partial charge in [0.2, 0.25) is 0 Å². The van der Waals surface area contributed by atoms with Crippen LogP contribution in [0.25, 0.3) is 22.3 Å². The number of aromatic nitrogens is 4. The van der Waals surface area contributed by atoms with E-state index in [-0.39, 0.29) is 11.5 Å². The van der Waals surface area contributed by atoms with Crippen LogP contribution in [0.1, 0.15) is 26.7 Å². The molecule has 1 saturated heterocycles. The zero-order chi connectivity index (χ0) is 21.6. The topological polar surface area (TPSA) is 107 Å². The number of H-pyrrole nitrogens is 1. The number of fused-ring (bicyclic) bond motifs is 1. The molecule has 2 aromatic heterocycles. The molecule has 1 unspecified atom stereocenters. The predicted octanol–water partition coefficient (Wildman–Crippen LogP) is 1.98. The van der Waals surface area contributed by atoms with Crippen molar-refractivity contribution in [1.82, 2.24) is 25.1 Å². The normalized spacial score (nSPS) is 18.8. The summed E-state index contributed by atoms with van der Waals surface area (Å²) >= 11 is 0. The van der Waals surface area contributed by atoms with Crippen LogP contribution in [0.5, 0.6) is 5.75 Å². The number of piperazine rings is 1. The third-order valence-electron chi connectivity index (χ3n) is 6.02. The Morgan fingerprint density at radius 1 is 1.19 bits per heavy atom. The number of aromatic amines is 1. The van der Waals surface area contributed by atoms with Crippen molar-refractivity contribution in [2.24, 2.45) is 0 Å². The molecular formula is C22H26N6O3. The minimum atomic E-state index is -0.971. The third-order valence-corrected chi connectivity index (χ3v) is 6.02. The Hall–Kier alpha value is -3.20. The Kier molecular flexibility index (Phi) is 4.77. The molecule has 5 rings (SSSR count). The molecule has 0 spiro atoms. The number of hydrogen-bond acceptors (Lipinski definition) is 7. The van der Waals surface area contributed by atoms with E-state index in [9.17, 15) is 9.90 Å². The summed E-state index contributed by atoms with van der Waals surface area (Å²) in [6.07, 6.45) is 2.73. The van der Waals surface area contributed by atoms with Crippen LogP contribution in [0, 0.1) is 0 Å². The summed E-state index contributed by atoms with van der Waals surface area (Å²) in [7, 11) is 0. The average molecular weight is 422 g/mol. The number of carbonyl (C=O) groups excluding carboxylic acids is 1. The molecule has 1 saturated carbocycles. The van der Waals surface area contributed by atoms with Crippen LogP contribution in [0.15, 0.2) is 30.6 Å². The highest BCUT2D eigenvalue weighted by molar-refractivity contribution is 5.93. The fraction of sp³-hybridized carbons (Fsp3) is 0.455. The summed E-state index contributed by atoms with van der Waals surface area (Å²) in [5.74, 6) is 1.40.